The molecule has 8 heteroatoms. The number of amides is 1. The van der Waals surface area contributed by atoms with Gasteiger partial charge in [-0.3, -0.25) is 9.78 Å². The van der Waals surface area contributed by atoms with E-state index < -0.39 is 40.6 Å². The molecule has 2 N–H and O–H groups in total. The Morgan fingerprint density at radius 3 is 2.38 bits per heavy atom. The first-order valence-electron chi connectivity index (χ1n) is 5.52. The number of carbonyl (C=O) groups excluding carboxylic acids is 1. The summed E-state index contributed by atoms with van der Waals surface area (Å²) in [6.07, 6.45) is 1.91. The van der Waals surface area contributed by atoms with Gasteiger partial charge in [0.05, 0.1) is 23.0 Å². The highest BCUT2D eigenvalue weighted by Gasteiger charge is 2.17. The van der Waals surface area contributed by atoms with Crippen molar-refractivity contribution in [3.63, 3.8) is 0 Å². The smallest absolute Gasteiger partial charge is 0.338 e. The lowest BCUT2D eigenvalue weighted by Gasteiger charge is -2.08. The van der Waals surface area contributed by atoms with E-state index in [4.69, 9.17) is 5.11 Å². The molecule has 0 unspecified atom stereocenters. The standard InChI is InChI=1S/C13H7F3N2O3/c14-7-1-6(4-17-5-7)12(19)18-11-2-8(13(20)21)9(15)3-10(11)16/h1-5H,(H,18,19)(H,20,21). The van der Waals surface area contributed by atoms with Crippen LogP contribution in [0.1, 0.15) is 20.7 Å². The summed E-state index contributed by atoms with van der Waals surface area (Å²) >= 11 is 0. The number of rotatable bonds is 3. The third-order valence-corrected chi connectivity index (χ3v) is 2.50. The second-order valence-corrected chi connectivity index (χ2v) is 3.96. The van der Waals surface area contributed by atoms with E-state index in [0.29, 0.717) is 12.1 Å². The van der Waals surface area contributed by atoms with Crippen LogP contribution in [0.2, 0.25) is 0 Å². The van der Waals surface area contributed by atoms with Crippen molar-refractivity contribution in [1.29, 1.82) is 0 Å². The zero-order chi connectivity index (χ0) is 15.6. The average molecular weight is 296 g/mol. The number of carbonyl (C=O) groups is 2. The lowest BCUT2D eigenvalue weighted by molar-refractivity contribution is 0.0691. The summed E-state index contributed by atoms with van der Waals surface area (Å²) in [5.74, 6) is -5.73. The number of anilines is 1. The summed E-state index contributed by atoms with van der Waals surface area (Å²) in [4.78, 5) is 26.0. The SMILES string of the molecule is O=C(Nc1cc(C(=O)O)c(F)cc1F)c1cncc(F)c1. The van der Waals surface area contributed by atoms with Crippen LogP contribution < -0.4 is 5.32 Å². The molecule has 0 radical (unpaired) electrons. The van der Waals surface area contributed by atoms with Crippen molar-refractivity contribution in [2.75, 3.05) is 5.32 Å². The summed E-state index contributed by atoms with van der Waals surface area (Å²) in [5.41, 5.74) is -1.54. The number of carboxylic acids is 1. The number of hydrogen-bond acceptors (Lipinski definition) is 3. The number of benzene rings is 1. The number of halogens is 3. The molecule has 0 aliphatic heterocycles. The zero-order valence-electron chi connectivity index (χ0n) is 10.2. The Bertz CT molecular complexity index is 735. The van der Waals surface area contributed by atoms with Gasteiger partial charge in [0.15, 0.2) is 0 Å². The Morgan fingerprint density at radius 2 is 1.76 bits per heavy atom. The first-order chi connectivity index (χ1) is 9.88. The fraction of sp³-hybridized carbons (Fsp3) is 0. The van der Waals surface area contributed by atoms with Crippen LogP contribution >= 0.6 is 0 Å². The highest BCUT2D eigenvalue weighted by Crippen LogP contribution is 2.20. The summed E-state index contributed by atoms with van der Waals surface area (Å²) in [5, 5.41) is 10.8. The van der Waals surface area contributed by atoms with Crippen molar-refractivity contribution in [3.05, 3.63) is 59.2 Å². The average Bonchev–Trinajstić information content (AvgIpc) is 2.41. The first kappa shape index (κ1) is 14.5. The van der Waals surface area contributed by atoms with E-state index in [1.807, 2.05) is 5.32 Å². The summed E-state index contributed by atoms with van der Waals surface area (Å²) in [7, 11) is 0. The third-order valence-electron chi connectivity index (χ3n) is 2.50. The van der Waals surface area contributed by atoms with Crippen LogP contribution in [-0.4, -0.2) is 22.0 Å². The molecule has 2 aromatic rings. The molecule has 1 aromatic heterocycles. The van der Waals surface area contributed by atoms with Crippen LogP contribution in [0, 0.1) is 17.5 Å². The predicted octanol–water partition coefficient (Wildman–Crippen LogP) is 2.45. The van der Waals surface area contributed by atoms with Gasteiger partial charge >= 0.3 is 5.97 Å². The largest absolute Gasteiger partial charge is 0.478 e. The second-order valence-electron chi connectivity index (χ2n) is 3.96. The van der Waals surface area contributed by atoms with E-state index in [1.54, 1.807) is 0 Å². The maximum absolute atomic E-state index is 13.5. The van der Waals surface area contributed by atoms with E-state index >= 15 is 0 Å². The molecule has 0 aliphatic carbocycles. The molecular weight excluding hydrogens is 289 g/mol. The predicted molar refractivity (Wildman–Crippen MR) is 65.5 cm³/mol. The molecule has 2 rings (SSSR count). The molecule has 1 heterocycles. The van der Waals surface area contributed by atoms with E-state index in [1.165, 1.54) is 0 Å². The lowest BCUT2D eigenvalue weighted by atomic mass is 10.1. The lowest BCUT2D eigenvalue weighted by Crippen LogP contribution is -2.15. The Kier molecular flexibility index (Phi) is 3.88. The Morgan fingerprint density at radius 1 is 1.05 bits per heavy atom. The number of nitrogens with one attached hydrogen (secondary N) is 1. The summed E-state index contributed by atoms with van der Waals surface area (Å²) < 4.78 is 39.6. The second kappa shape index (κ2) is 5.61. The number of hydrogen-bond donors (Lipinski definition) is 2. The topological polar surface area (TPSA) is 79.3 Å². The van der Waals surface area contributed by atoms with Gasteiger partial charge in [0.2, 0.25) is 0 Å². The molecule has 1 amide bonds. The minimum absolute atomic E-state index is 0.199. The number of aromatic carboxylic acids is 1. The van der Waals surface area contributed by atoms with E-state index in [0.717, 1.165) is 18.5 Å². The summed E-state index contributed by atoms with van der Waals surface area (Å²) in [6.45, 7) is 0. The van der Waals surface area contributed by atoms with E-state index in [2.05, 4.69) is 4.98 Å². The van der Waals surface area contributed by atoms with Crippen LogP contribution in [0.3, 0.4) is 0 Å². The van der Waals surface area contributed by atoms with Crippen LogP contribution in [0.15, 0.2) is 30.6 Å². The minimum Gasteiger partial charge on any atom is -0.478 e. The molecule has 108 valence electrons. The van der Waals surface area contributed by atoms with Crippen molar-refractivity contribution in [3.8, 4) is 0 Å². The quantitative estimate of drug-likeness (QED) is 0.911. The fourth-order valence-corrected chi connectivity index (χ4v) is 1.54. The van der Waals surface area contributed by atoms with Gasteiger partial charge in [-0.15, -0.1) is 0 Å². The van der Waals surface area contributed by atoms with Gasteiger partial charge in [0.25, 0.3) is 5.91 Å². The molecule has 5 nitrogen and oxygen atoms in total. The van der Waals surface area contributed by atoms with Crippen molar-refractivity contribution in [2.24, 2.45) is 0 Å². The number of nitrogens with zero attached hydrogens (tertiary/aromatic N) is 1. The van der Waals surface area contributed by atoms with Gasteiger partial charge < -0.3 is 10.4 Å². The van der Waals surface area contributed by atoms with Gasteiger partial charge in [-0.05, 0) is 12.1 Å². The van der Waals surface area contributed by atoms with Crippen molar-refractivity contribution in [1.82, 2.24) is 4.98 Å². The van der Waals surface area contributed by atoms with E-state index in [9.17, 15) is 22.8 Å². The van der Waals surface area contributed by atoms with Crippen LogP contribution in [0.5, 0.6) is 0 Å². The van der Waals surface area contributed by atoms with E-state index in [-0.39, 0.29) is 5.56 Å². The normalized spacial score (nSPS) is 10.2. The number of aromatic nitrogens is 1. The zero-order valence-corrected chi connectivity index (χ0v) is 10.2. The molecule has 0 spiro atoms. The molecule has 21 heavy (non-hydrogen) atoms. The minimum atomic E-state index is -1.62. The molecule has 0 bridgehead atoms. The molecule has 1 aromatic carbocycles. The Hall–Kier alpha value is -2.90. The molecular formula is C13H7F3N2O3. The van der Waals surface area contributed by atoms with Gasteiger partial charge in [-0.2, -0.15) is 0 Å². The highest BCUT2D eigenvalue weighted by atomic mass is 19.1. The van der Waals surface area contributed by atoms with Gasteiger partial charge in [-0.25, -0.2) is 18.0 Å². The van der Waals surface area contributed by atoms with Crippen molar-refractivity contribution < 1.29 is 27.9 Å². The first-order valence-corrected chi connectivity index (χ1v) is 5.52. The van der Waals surface area contributed by atoms with Gasteiger partial charge in [0, 0.05) is 12.3 Å². The van der Waals surface area contributed by atoms with Crippen LogP contribution in [-0.2, 0) is 0 Å². The fourth-order valence-electron chi connectivity index (χ4n) is 1.54. The van der Waals surface area contributed by atoms with Crippen LogP contribution in [0.4, 0.5) is 18.9 Å². The molecule has 0 aliphatic rings. The van der Waals surface area contributed by atoms with Crippen molar-refractivity contribution in [2.45, 2.75) is 0 Å². The number of pyridine rings is 1. The molecule has 0 atom stereocenters. The molecule has 0 fully saturated rings. The monoisotopic (exact) mass is 296 g/mol. The number of carboxylic acid groups (broad SMARTS) is 1. The molecule has 0 saturated heterocycles. The Labute approximate surface area is 116 Å². The maximum Gasteiger partial charge on any atom is 0.338 e. The maximum atomic E-state index is 13.5. The third kappa shape index (κ3) is 3.16. The van der Waals surface area contributed by atoms with Gasteiger partial charge in [-0.1, -0.05) is 0 Å². The Balaban J connectivity index is 2.33. The van der Waals surface area contributed by atoms with Crippen LogP contribution in [0.25, 0.3) is 0 Å². The summed E-state index contributed by atoms with van der Waals surface area (Å²) in [6, 6.07) is 1.84. The molecule has 0 saturated carbocycles. The van der Waals surface area contributed by atoms with Gasteiger partial charge in [0.1, 0.15) is 17.5 Å². The van der Waals surface area contributed by atoms with Crippen molar-refractivity contribution >= 4 is 17.6 Å². The highest BCUT2D eigenvalue weighted by molar-refractivity contribution is 6.04.